The van der Waals surface area contributed by atoms with E-state index in [2.05, 4.69) is 30.6 Å². The summed E-state index contributed by atoms with van der Waals surface area (Å²) in [5, 5.41) is 10.8. The molecular weight excluding hydrogens is 820 g/mol. The van der Waals surface area contributed by atoms with E-state index in [1.807, 2.05) is 49.4 Å². The Hall–Kier alpha value is -6.21. The van der Waals surface area contributed by atoms with Crippen LogP contribution in [0.15, 0.2) is 115 Å². The first kappa shape index (κ1) is 40.6. The van der Waals surface area contributed by atoms with Gasteiger partial charge in [0.15, 0.2) is 5.13 Å². The van der Waals surface area contributed by atoms with E-state index in [0.717, 1.165) is 48.7 Å². The number of benzene rings is 2. The molecule has 6 N–H and O–H groups in total. The standard InChI is InChI=1S/C42H35F5N10OS2/c1-23(33(49)20-53-40-54-21-34(59-40)26-3-5-28-17-51-37(43)13-30(28)11-26)25-8-9-56(39(58)15-25)57-22-35(27-4-6-29-18-52-38(44)14-31(29)12-27)60-41(57)55-19-32(48)10-24-2-7-36(50-16-24)42(45,46)47/h2-9,11-18,21-23,32-33H,10,19-20,48-49H2,1H3,(H,51,53,54)/p+1. The van der Waals surface area contributed by atoms with Gasteiger partial charge in [-0.15, -0.1) is 9.35 Å². The number of halogens is 5. The van der Waals surface area contributed by atoms with Gasteiger partial charge in [-0.2, -0.15) is 22.0 Å². The third kappa shape index (κ3) is 9.01. The number of nitrogens with one attached hydrogen (secondary N) is 2. The number of nitrogens with two attached hydrogens (primary N) is 2. The lowest BCUT2D eigenvalue weighted by molar-refractivity contribution is -0.712. The fourth-order valence-corrected chi connectivity index (χ4v) is 8.48. The Bertz CT molecular complexity index is 2880. The Kier molecular flexibility index (Phi) is 11.4. The zero-order valence-electron chi connectivity index (χ0n) is 31.7. The van der Waals surface area contributed by atoms with Gasteiger partial charge in [0.25, 0.3) is 5.56 Å². The molecule has 0 amide bonds. The number of alkyl halides is 3. The van der Waals surface area contributed by atoms with E-state index in [9.17, 15) is 26.7 Å². The molecule has 3 unspecified atom stereocenters. The summed E-state index contributed by atoms with van der Waals surface area (Å²) in [6.07, 6.45) is 5.01. The van der Waals surface area contributed by atoms with Crippen LogP contribution in [0.2, 0.25) is 0 Å². The molecule has 0 bridgehead atoms. The van der Waals surface area contributed by atoms with E-state index in [1.54, 1.807) is 23.3 Å². The van der Waals surface area contributed by atoms with Gasteiger partial charge in [-0.05, 0) is 81.0 Å². The Morgan fingerprint density at radius 1 is 0.750 bits per heavy atom. The van der Waals surface area contributed by atoms with Crippen molar-refractivity contribution >= 4 is 54.5 Å². The second-order valence-corrected chi connectivity index (χ2v) is 16.3. The monoisotopic (exact) mass is 855 g/mol. The fourth-order valence-electron chi connectivity index (χ4n) is 6.67. The zero-order chi connectivity index (χ0) is 42.1. The van der Waals surface area contributed by atoms with Gasteiger partial charge in [0, 0.05) is 72.4 Å². The first-order valence-electron chi connectivity index (χ1n) is 18.6. The number of anilines is 2. The summed E-state index contributed by atoms with van der Waals surface area (Å²) in [6, 6.07) is 18.7. The molecule has 8 rings (SSSR count). The normalized spacial score (nSPS) is 13.4. The van der Waals surface area contributed by atoms with E-state index in [1.165, 1.54) is 70.2 Å². The number of pyridine rings is 4. The van der Waals surface area contributed by atoms with E-state index in [4.69, 9.17) is 11.5 Å². The van der Waals surface area contributed by atoms with E-state index in [-0.39, 0.29) is 24.4 Å². The summed E-state index contributed by atoms with van der Waals surface area (Å²) in [6.45, 7) is 2.52. The largest absolute Gasteiger partial charge is 0.433 e. The van der Waals surface area contributed by atoms with Crippen molar-refractivity contribution in [3.63, 3.8) is 0 Å². The van der Waals surface area contributed by atoms with Gasteiger partial charge in [-0.3, -0.25) is 15.1 Å². The number of rotatable bonds is 13. The molecule has 306 valence electrons. The maximum absolute atomic E-state index is 14.0. The summed E-state index contributed by atoms with van der Waals surface area (Å²) in [5.74, 6) is -1.38. The summed E-state index contributed by atoms with van der Waals surface area (Å²) in [5.41, 5.74) is 14.7. The van der Waals surface area contributed by atoms with Crippen molar-refractivity contribution in [3.05, 3.63) is 149 Å². The Morgan fingerprint density at radius 2 is 1.43 bits per heavy atom. The van der Waals surface area contributed by atoms with Crippen molar-refractivity contribution in [1.29, 1.82) is 0 Å². The average molecular weight is 856 g/mol. The smallest absolute Gasteiger partial charge is 0.360 e. The number of fused-ring (bicyclic) bond motifs is 2. The van der Waals surface area contributed by atoms with Crippen LogP contribution in [0.4, 0.5) is 32.2 Å². The molecule has 11 nitrogen and oxygen atoms in total. The van der Waals surface area contributed by atoms with Crippen molar-refractivity contribution in [2.45, 2.75) is 37.5 Å². The minimum atomic E-state index is -4.54. The Labute approximate surface area is 347 Å². The SMILES string of the molecule is CC(c1ccn(-[n+]2cc(-c3ccc4cnc(F)cc4c3)sc2NCC(N)Cc2ccc(C(F)(F)F)nc2)c(=O)c1)C(N)CNc1ncc(-c2ccc3cnc(F)cc3c2)s1. The molecular formula is C42H36F5N10OS2+. The lowest BCUT2D eigenvalue weighted by atomic mass is 9.95. The highest BCUT2D eigenvalue weighted by molar-refractivity contribution is 7.19. The molecule has 6 aromatic heterocycles. The van der Waals surface area contributed by atoms with Crippen LogP contribution in [0, 0.1) is 11.9 Å². The summed E-state index contributed by atoms with van der Waals surface area (Å²) in [7, 11) is 0. The van der Waals surface area contributed by atoms with Crippen molar-refractivity contribution in [2.24, 2.45) is 11.5 Å². The van der Waals surface area contributed by atoms with Crippen LogP contribution in [0.25, 0.3) is 42.4 Å². The van der Waals surface area contributed by atoms with Crippen molar-refractivity contribution < 1.29 is 26.6 Å². The van der Waals surface area contributed by atoms with E-state index in [0.29, 0.717) is 27.8 Å². The number of aromatic nitrogens is 6. The van der Waals surface area contributed by atoms with E-state index < -0.39 is 35.8 Å². The maximum atomic E-state index is 14.0. The van der Waals surface area contributed by atoms with Gasteiger partial charge in [0.2, 0.25) is 11.9 Å². The fraction of sp³-hybridized carbons (Fsp3) is 0.190. The van der Waals surface area contributed by atoms with Crippen LogP contribution < -0.4 is 32.3 Å². The highest BCUT2D eigenvalue weighted by atomic mass is 32.1. The van der Waals surface area contributed by atoms with Crippen LogP contribution in [0.3, 0.4) is 0 Å². The number of thiazole rings is 2. The first-order valence-corrected chi connectivity index (χ1v) is 20.3. The molecule has 2 aromatic carbocycles. The summed E-state index contributed by atoms with van der Waals surface area (Å²) in [4.78, 5) is 31.0. The van der Waals surface area contributed by atoms with Crippen LogP contribution >= 0.6 is 22.7 Å². The molecule has 0 aliphatic heterocycles. The molecule has 0 saturated heterocycles. The van der Waals surface area contributed by atoms with E-state index >= 15 is 0 Å². The highest BCUT2D eigenvalue weighted by Gasteiger charge is 2.32. The molecule has 60 heavy (non-hydrogen) atoms. The van der Waals surface area contributed by atoms with Gasteiger partial charge in [-0.25, -0.2) is 15.0 Å². The number of hydrogen-bond donors (Lipinski definition) is 4. The molecule has 0 aliphatic rings. The predicted molar refractivity (Wildman–Crippen MR) is 224 cm³/mol. The Balaban J connectivity index is 0.988. The molecule has 0 spiro atoms. The summed E-state index contributed by atoms with van der Waals surface area (Å²) < 4.78 is 69.9. The Morgan fingerprint density at radius 3 is 2.07 bits per heavy atom. The molecule has 0 radical (unpaired) electrons. The lowest BCUT2D eigenvalue weighted by Crippen LogP contribution is -2.49. The molecule has 3 atom stereocenters. The topological polar surface area (TPSA) is 154 Å². The van der Waals surface area contributed by atoms with Crippen LogP contribution in [0.1, 0.15) is 29.7 Å². The average Bonchev–Trinajstić information content (AvgIpc) is 3.89. The lowest BCUT2D eigenvalue weighted by Gasteiger charge is -2.20. The predicted octanol–water partition coefficient (Wildman–Crippen LogP) is 7.61. The molecule has 18 heteroatoms. The highest BCUT2D eigenvalue weighted by Crippen LogP contribution is 2.33. The molecule has 0 aliphatic carbocycles. The zero-order valence-corrected chi connectivity index (χ0v) is 33.3. The third-order valence-electron chi connectivity index (χ3n) is 10.0. The maximum Gasteiger partial charge on any atom is 0.433 e. The van der Waals surface area contributed by atoms with Crippen LogP contribution in [-0.2, 0) is 12.6 Å². The number of hydrogen-bond acceptors (Lipinski definition) is 11. The van der Waals surface area contributed by atoms with Crippen molar-refractivity contribution in [3.8, 4) is 20.9 Å². The molecule has 6 heterocycles. The first-order chi connectivity index (χ1) is 28.8. The van der Waals surface area contributed by atoms with Gasteiger partial charge in [0.1, 0.15) is 11.9 Å². The van der Waals surface area contributed by atoms with Crippen LogP contribution in [0.5, 0.6) is 0 Å². The van der Waals surface area contributed by atoms with Crippen LogP contribution in [-0.4, -0.2) is 49.8 Å². The van der Waals surface area contributed by atoms with Gasteiger partial charge >= 0.3 is 11.3 Å². The second kappa shape index (κ2) is 16.8. The molecule has 0 fully saturated rings. The second-order valence-electron chi connectivity index (χ2n) is 14.3. The van der Waals surface area contributed by atoms with Gasteiger partial charge in [-0.1, -0.05) is 48.6 Å². The van der Waals surface area contributed by atoms with Gasteiger partial charge < -0.3 is 16.8 Å². The van der Waals surface area contributed by atoms with Crippen molar-refractivity contribution in [2.75, 3.05) is 23.7 Å². The molecule has 8 aromatic rings. The third-order valence-corrected chi connectivity index (χ3v) is 12.1. The minimum absolute atomic E-state index is 0.210. The molecule has 0 saturated carbocycles. The summed E-state index contributed by atoms with van der Waals surface area (Å²) >= 11 is 2.79. The quantitative estimate of drug-likeness (QED) is 0.0522. The minimum Gasteiger partial charge on any atom is -0.360 e. The van der Waals surface area contributed by atoms with Gasteiger partial charge in [0.05, 0.1) is 22.5 Å². The number of nitrogens with zero attached hydrogens (tertiary/aromatic N) is 6. The van der Waals surface area contributed by atoms with Crippen molar-refractivity contribution in [1.82, 2.24) is 24.6 Å².